The van der Waals surface area contributed by atoms with E-state index in [1.165, 1.54) is 24.3 Å². The number of nitro groups is 1. The topological polar surface area (TPSA) is 110 Å². The van der Waals surface area contributed by atoms with Crippen molar-refractivity contribution in [3.8, 4) is 0 Å². The average molecular weight is 376 g/mol. The van der Waals surface area contributed by atoms with Crippen LogP contribution in [0.15, 0.2) is 47.4 Å². The first-order valence-electron chi connectivity index (χ1n) is 6.63. The van der Waals surface area contributed by atoms with E-state index >= 15 is 0 Å². The van der Waals surface area contributed by atoms with Gasteiger partial charge in [-0.25, -0.2) is 8.42 Å². The summed E-state index contributed by atoms with van der Waals surface area (Å²) in [4.78, 5) is 9.25. The van der Waals surface area contributed by atoms with Crippen molar-refractivity contribution in [3.63, 3.8) is 0 Å². The summed E-state index contributed by atoms with van der Waals surface area (Å²) in [5.74, 6) is 0. The molecule has 134 valence electrons. The third-order valence-corrected chi connectivity index (χ3v) is 4.56. The largest absolute Gasteiger partial charge is 0.423 e. The van der Waals surface area contributed by atoms with Crippen LogP contribution >= 0.6 is 0 Å². The van der Waals surface area contributed by atoms with Crippen molar-refractivity contribution in [2.45, 2.75) is 17.7 Å². The first-order chi connectivity index (χ1) is 11.5. The van der Waals surface area contributed by atoms with E-state index in [0.717, 1.165) is 6.07 Å². The number of benzene rings is 2. The fourth-order valence-corrected chi connectivity index (χ4v) is 3.02. The lowest BCUT2D eigenvalue weighted by Crippen LogP contribution is -2.15. The second-order valence-corrected chi connectivity index (χ2v) is 6.58. The molecule has 2 aromatic carbocycles. The summed E-state index contributed by atoms with van der Waals surface area (Å²) in [6.45, 7) is -0.301. The van der Waals surface area contributed by atoms with Crippen molar-refractivity contribution in [3.05, 3.63) is 63.7 Å². The molecule has 2 aromatic rings. The molecule has 0 unspecified atom stereocenters. The highest BCUT2D eigenvalue weighted by Gasteiger charge is 2.38. The van der Waals surface area contributed by atoms with Crippen LogP contribution in [0.25, 0.3) is 0 Å². The molecule has 0 atom stereocenters. The van der Waals surface area contributed by atoms with Gasteiger partial charge in [0, 0.05) is 11.8 Å². The molecular formula is C14H11F3N2O5S. The second-order valence-electron chi connectivity index (χ2n) is 4.89. The van der Waals surface area contributed by atoms with Crippen LogP contribution in [0.3, 0.4) is 0 Å². The van der Waals surface area contributed by atoms with Crippen LogP contribution < -0.4 is 4.72 Å². The van der Waals surface area contributed by atoms with E-state index in [-0.39, 0.29) is 11.5 Å². The van der Waals surface area contributed by atoms with Gasteiger partial charge in [0.2, 0.25) is 0 Å². The third kappa shape index (κ3) is 4.25. The summed E-state index contributed by atoms with van der Waals surface area (Å²) in [5, 5.41) is 19.6. The van der Waals surface area contributed by atoms with E-state index < -0.39 is 38.1 Å². The zero-order valence-corrected chi connectivity index (χ0v) is 13.1. The highest BCUT2D eigenvalue weighted by atomic mass is 32.2. The Morgan fingerprint density at radius 3 is 2.20 bits per heavy atom. The molecule has 0 amide bonds. The SMILES string of the molecule is O=[N+]([O-])c1ccc(NS(=O)(=O)c2ccc(CO)cc2)cc1C(F)(F)F. The lowest BCUT2D eigenvalue weighted by atomic mass is 10.1. The minimum atomic E-state index is -5.02. The van der Waals surface area contributed by atoms with E-state index in [1.54, 1.807) is 0 Å². The Bertz CT molecular complexity index is 896. The molecule has 2 rings (SSSR count). The molecule has 11 heteroatoms. The summed E-state index contributed by atoms with van der Waals surface area (Å²) < 4.78 is 65.1. The Morgan fingerprint density at radius 2 is 1.72 bits per heavy atom. The normalized spacial score (nSPS) is 12.0. The van der Waals surface area contributed by atoms with Gasteiger partial charge < -0.3 is 5.11 Å². The first kappa shape index (κ1) is 18.7. The van der Waals surface area contributed by atoms with Crippen LogP contribution in [-0.4, -0.2) is 18.4 Å². The van der Waals surface area contributed by atoms with Crippen molar-refractivity contribution in [2.24, 2.45) is 0 Å². The molecule has 0 aliphatic carbocycles. The molecule has 0 radical (unpaired) electrons. The lowest BCUT2D eigenvalue weighted by molar-refractivity contribution is -0.388. The van der Waals surface area contributed by atoms with E-state index in [2.05, 4.69) is 0 Å². The molecule has 0 fully saturated rings. The second kappa shape index (κ2) is 6.69. The number of nitrogens with one attached hydrogen (secondary N) is 1. The third-order valence-electron chi connectivity index (χ3n) is 3.17. The number of aliphatic hydroxyl groups excluding tert-OH is 1. The number of halogens is 3. The van der Waals surface area contributed by atoms with Crippen molar-refractivity contribution in [1.82, 2.24) is 0 Å². The molecule has 0 aromatic heterocycles. The molecule has 0 spiro atoms. The zero-order valence-electron chi connectivity index (χ0n) is 12.3. The molecule has 25 heavy (non-hydrogen) atoms. The highest BCUT2D eigenvalue weighted by molar-refractivity contribution is 7.92. The molecule has 0 heterocycles. The quantitative estimate of drug-likeness (QED) is 0.616. The fraction of sp³-hybridized carbons (Fsp3) is 0.143. The summed E-state index contributed by atoms with van der Waals surface area (Å²) in [5.41, 5.74) is -2.76. The Labute approximate surface area is 139 Å². The number of nitrogens with zero attached hydrogens (tertiary/aromatic N) is 1. The summed E-state index contributed by atoms with van der Waals surface area (Å²) in [6.07, 6.45) is -5.02. The number of alkyl halides is 3. The number of hydrogen-bond acceptors (Lipinski definition) is 5. The molecule has 0 saturated heterocycles. The number of sulfonamides is 1. The molecule has 0 aliphatic rings. The van der Waals surface area contributed by atoms with Gasteiger partial charge in [0.15, 0.2) is 0 Å². The fourth-order valence-electron chi connectivity index (χ4n) is 1.97. The van der Waals surface area contributed by atoms with E-state index in [0.29, 0.717) is 17.7 Å². The molecule has 0 bridgehead atoms. The maximum atomic E-state index is 12.9. The number of anilines is 1. The maximum Gasteiger partial charge on any atom is 0.423 e. The summed E-state index contributed by atoms with van der Waals surface area (Å²) in [7, 11) is -4.20. The number of aliphatic hydroxyl groups is 1. The van der Waals surface area contributed by atoms with Gasteiger partial charge in [-0.2, -0.15) is 13.2 Å². The van der Waals surface area contributed by atoms with E-state index in [9.17, 15) is 31.7 Å². The van der Waals surface area contributed by atoms with Gasteiger partial charge in [-0.1, -0.05) is 12.1 Å². The van der Waals surface area contributed by atoms with Crippen LogP contribution in [0, 0.1) is 10.1 Å². The Hall–Kier alpha value is -2.66. The van der Waals surface area contributed by atoms with Gasteiger partial charge in [0.05, 0.1) is 16.4 Å². The minimum Gasteiger partial charge on any atom is -0.392 e. The first-order valence-corrected chi connectivity index (χ1v) is 8.11. The van der Waals surface area contributed by atoms with Crippen LogP contribution in [0.2, 0.25) is 0 Å². The van der Waals surface area contributed by atoms with Crippen molar-refractivity contribution in [1.29, 1.82) is 0 Å². The maximum absolute atomic E-state index is 12.9. The number of nitro benzene ring substituents is 1. The Morgan fingerprint density at radius 1 is 1.12 bits per heavy atom. The predicted molar refractivity (Wildman–Crippen MR) is 81.3 cm³/mol. The number of hydrogen-bond donors (Lipinski definition) is 2. The van der Waals surface area contributed by atoms with Crippen molar-refractivity contribution in [2.75, 3.05) is 4.72 Å². The molecule has 7 nitrogen and oxygen atoms in total. The lowest BCUT2D eigenvalue weighted by Gasteiger charge is -2.12. The number of rotatable bonds is 5. The average Bonchev–Trinajstić information content (AvgIpc) is 2.53. The molecule has 0 saturated carbocycles. The molecular weight excluding hydrogens is 365 g/mol. The van der Waals surface area contributed by atoms with E-state index in [4.69, 9.17) is 5.11 Å². The molecule has 2 N–H and O–H groups in total. The monoisotopic (exact) mass is 376 g/mol. The standard InChI is InChI=1S/C14H11F3N2O5S/c15-14(16,17)12-7-10(3-6-13(12)19(21)22)18-25(23,24)11-4-1-9(8-20)2-5-11/h1-7,18,20H,8H2. The zero-order chi connectivity index (χ0) is 18.8. The van der Waals surface area contributed by atoms with Crippen LogP contribution in [-0.2, 0) is 22.8 Å². The predicted octanol–water partition coefficient (Wildman–Crippen LogP) is 2.91. The van der Waals surface area contributed by atoms with Crippen molar-refractivity contribution >= 4 is 21.4 Å². The van der Waals surface area contributed by atoms with Crippen LogP contribution in [0.4, 0.5) is 24.5 Å². The van der Waals surface area contributed by atoms with Gasteiger partial charge in [-0.3, -0.25) is 14.8 Å². The van der Waals surface area contributed by atoms with Crippen LogP contribution in [0.1, 0.15) is 11.1 Å². The summed E-state index contributed by atoms with van der Waals surface area (Å²) >= 11 is 0. The Balaban J connectivity index is 2.40. The highest BCUT2D eigenvalue weighted by Crippen LogP contribution is 2.37. The smallest absolute Gasteiger partial charge is 0.392 e. The van der Waals surface area contributed by atoms with Gasteiger partial charge in [-0.15, -0.1) is 0 Å². The van der Waals surface area contributed by atoms with Crippen LogP contribution in [0.5, 0.6) is 0 Å². The Kier molecular flexibility index (Phi) is 4.99. The minimum absolute atomic E-state index is 0.239. The van der Waals surface area contributed by atoms with Gasteiger partial charge in [0.25, 0.3) is 15.7 Å². The summed E-state index contributed by atoms with van der Waals surface area (Å²) in [6, 6.07) is 6.82. The van der Waals surface area contributed by atoms with Gasteiger partial charge in [-0.05, 0) is 29.8 Å². The van der Waals surface area contributed by atoms with E-state index in [1.807, 2.05) is 4.72 Å². The van der Waals surface area contributed by atoms with Gasteiger partial charge in [0.1, 0.15) is 5.56 Å². The molecule has 0 aliphatic heterocycles. The van der Waals surface area contributed by atoms with Crippen molar-refractivity contribution < 1.29 is 31.6 Å². The van der Waals surface area contributed by atoms with Gasteiger partial charge >= 0.3 is 6.18 Å².